The van der Waals surface area contributed by atoms with Crippen LogP contribution in [0, 0.1) is 5.82 Å². The molecule has 0 aliphatic carbocycles. The van der Waals surface area contributed by atoms with Gasteiger partial charge in [-0.2, -0.15) is 4.98 Å². The largest absolute Gasteiger partial charge is 0.379 e. The predicted molar refractivity (Wildman–Crippen MR) is 70.1 cm³/mol. The summed E-state index contributed by atoms with van der Waals surface area (Å²) in [5.41, 5.74) is 5.65. The third kappa shape index (κ3) is 3.37. The standard InChI is InChI=1S/C13H17FN4O2/c1-3-4-19-8-13(2,15)12-17-11(20-18-12)9-5-10(14)7-16-6-9/h5-7H,3-4,8,15H2,1-2H3. The van der Waals surface area contributed by atoms with Gasteiger partial charge in [0.05, 0.1) is 18.4 Å². The Hall–Kier alpha value is -1.86. The van der Waals surface area contributed by atoms with E-state index >= 15 is 0 Å². The fourth-order valence-electron chi connectivity index (χ4n) is 1.59. The predicted octanol–water partition coefficient (Wildman–Crippen LogP) is 1.87. The van der Waals surface area contributed by atoms with Crippen LogP contribution in [-0.4, -0.2) is 28.3 Å². The van der Waals surface area contributed by atoms with Gasteiger partial charge in [-0.3, -0.25) is 4.98 Å². The molecule has 1 atom stereocenters. The number of hydrogen-bond donors (Lipinski definition) is 1. The average molecular weight is 280 g/mol. The summed E-state index contributed by atoms with van der Waals surface area (Å²) >= 11 is 0. The van der Waals surface area contributed by atoms with Gasteiger partial charge >= 0.3 is 0 Å². The summed E-state index contributed by atoms with van der Waals surface area (Å²) in [4.78, 5) is 7.92. The minimum absolute atomic E-state index is 0.180. The lowest BCUT2D eigenvalue weighted by Gasteiger charge is -2.19. The van der Waals surface area contributed by atoms with Gasteiger partial charge in [-0.15, -0.1) is 0 Å². The van der Waals surface area contributed by atoms with Crippen LogP contribution in [0.4, 0.5) is 4.39 Å². The van der Waals surface area contributed by atoms with E-state index in [1.807, 2.05) is 6.92 Å². The Balaban J connectivity index is 2.16. The fraction of sp³-hybridized carbons (Fsp3) is 0.462. The van der Waals surface area contributed by atoms with E-state index < -0.39 is 11.4 Å². The molecule has 1 unspecified atom stereocenters. The highest BCUT2D eigenvalue weighted by molar-refractivity contribution is 5.50. The van der Waals surface area contributed by atoms with Gasteiger partial charge in [0.1, 0.15) is 11.4 Å². The second-order valence-corrected chi connectivity index (χ2v) is 4.79. The average Bonchev–Trinajstić information content (AvgIpc) is 2.89. The van der Waals surface area contributed by atoms with E-state index in [9.17, 15) is 4.39 Å². The van der Waals surface area contributed by atoms with E-state index in [1.54, 1.807) is 6.92 Å². The molecular formula is C13H17FN4O2. The highest BCUT2D eigenvalue weighted by Gasteiger charge is 2.28. The summed E-state index contributed by atoms with van der Waals surface area (Å²) in [7, 11) is 0. The molecule has 7 heteroatoms. The van der Waals surface area contributed by atoms with Crippen molar-refractivity contribution in [2.24, 2.45) is 5.73 Å². The molecule has 0 saturated heterocycles. The van der Waals surface area contributed by atoms with Crippen molar-refractivity contribution >= 4 is 0 Å². The lowest BCUT2D eigenvalue weighted by atomic mass is 10.1. The molecule has 0 aromatic carbocycles. The Morgan fingerprint density at radius 2 is 2.25 bits per heavy atom. The Morgan fingerprint density at radius 1 is 1.45 bits per heavy atom. The third-order valence-corrected chi connectivity index (χ3v) is 2.64. The summed E-state index contributed by atoms with van der Waals surface area (Å²) in [6, 6.07) is 1.27. The molecule has 0 spiro atoms. The topological polar surface area (TPSA) is 87.1 Å². The number of hydrogen-bond acceptors (Lipinski definition) is 6. The van der Waals surface area contributed by atoms with E-state index in [-0.39, 0.29) is 12.5 Å². The Bertz CT molecular complexity index is 571. The Kier molecular flexibility index (Phi) is 4.41. The van der Waals surface area contributed by atoms with Gasteiger partial charge in [0.2, 0.25) is 0 Å². The normalized spacial score (nSPS) is 14.2. The molecule has 0 aliphatic rings. The Morgan fingerprint density at radius 3 is 2.95 bits per heavy atom. The van der Waals surface area contributed by atoms with Crippen molar-refractivity contribution in [1.82, 2.24) is 15.1 Å². The zero-order chi connectivity index (χ0) is 14.6. The van der Waals surface area contributed by atoms with Crippen molar-refractivity contribution in [3.8, 4) is 11.5 Å². The SMILES string of the molecule is CCCOCC(C)(N)c1noc(-c2cncc(F)c2)n1. The molecule has 2 aromatic rings. The van der Waals surface area contributed by atoms with Crippen molar-refractivity contribution < 1.29 is 13.7 Å². The molecule has 0 fully saturated rings. The number of pyridine rings is 1. The number of nitrogens with two attached hydrogens (primary N) is 1. The minimum Gasteiger partial charge on any atom is -0.379 e. The maximum Gasteiger partial charge on any atom is 0.259 e. The highest BCUT2D eigenvalue weighted by atomic mass is 19.1. The van der Waals surface area contributed by atoms with Crippen LogP contribution >= 0.6 is 0 Å². The zero-order valence-electron chi connectivity index (χ0n) is 11.5. The van der Waals surface area contributed by atoms with Crippen LogP contribution < -0.4 is 5.73 Å². The molecule has 2 aromatic heterocycles. The molecule has 0 aliphatic heterocycles. The number of aromatic nitrogens is 3. The van der Waals surface area contributed by atoms with Crippen LogP contribution in [0.1, 0.15) is 26.1 Å². The molecule has 2 heterocycles. The second kappa shape index (κ2) is 6.06. The van der Waals surface area contributed by atoms with Gasteiger partial charge in [-0.05, 0) is 19.4 Å². The minimum atomic E-state index is -0.863. The summed E-state index contributed by atoms with van der Waals surface area (Å²) < 4.78 is 23.6. The fourth-order valence-corrected chi connectivity index (χ4v) is 1.59. The van der Waals surface area contributed by atoms with Crippen LogP contribution in [-0.2, 0) is 10.3 Å². The summed E-state index contributed by atoms with van der Waals surface area (Å²) in [6.07, 6.45) is 3.46. The van der Waals surface area contributed by atoms with Crippen molar-refractivity contribution in [2.45, 2.75) is 25.8 Å². The molecule has 20 heavy (non-hydrogen) atoms. The van der Waals surface area contributed by atoms with Crippen molar-refractivity contribution in [1.29, 1.82) is 0 Å². The molecule has 108 valence electrons. The molecule has 0 saturated carbocycles. The van der Waals surface area contributed by atoms with Crippen LogP contribution in [0.15, 0.2) is 23.0 Å². The van der Waals surface area contributed by atoms with Gasteiger partial charge in [0.25, 0.3) is 5.89 Å². The van der Waals surface area contributed by atoms with Gasteiger partial charge < -0.3 is 15.0 Å². The molecule has 2 rings (SSSR count). The first kappa shape index (κ1) is 14.5. The highest BCUT2D eigenvalue weighted by Crippen LogP contribution is 2.21. The maximum absolute atomic E-state index is 13.1. The van der Waals surface area contributed by atoms with E-state index in [0.717, 1.165) is 12.6 Å². The first-order valence-corrected chi connectivity index (χ1v) is 6.34. The lowest BCUT2D eigenvalue weighted by Crippen LogP contribution is -2.39. The van der Waals surface area contributed by atoms with Crippen LogP contribution in [0.5, 0.6) is 0 Å². The third-order valence-electron chi connectivity index (χ3n) is 2.64. The molecule has 6 nitrogen and oxygen atoms in total. The summed E-state index contributed by atoms with van der Waals surface area (Å²) in [6.45, 7) is 4.66. The van der Waals surface area contributed by atoms with Crippen molar-refractivity contribution in [3.63, 3.8) is 0 Å². The van der Waals surface area contributed by atoms with Crippen LogP contribution in [0.25, 0.3) is 11.5 Å². The first-order valence-electron chi connectivity index (χ1n) is 6.34. The first-order chi connectivity index (χ1) is 9.53. The number of ether oxygens (including phenoxy) is 1. The van der Waals surface area contributed by atoms with E-state index in [0.29, 0.717) is 18.0 Å². The summed E-state index contributed by atoms with van der Waals surface area (Å²) in [5, 5.41) is 3.83. The van der Waals surface area contributed by atoms with E-state index in [4.69, 9.17) is 15.0 Å². The molecule has 2 N–H and O–H groups in total. The lowest BCUT2D eigenvalue weighted by molar-refractivity contribution is 0.0867. The molecule has 0 bridgehead atoms. The second-order valence-electron chi connectivity index (χ2n) is 4.79. The smallest absolute Gasteiger partial charge is 0.259 e. The number of rotatable bonds is 6. The van der Waals surface area contributed by atoms with Crippen molar-refractivity contribution in [2.75, 3.05) is 13.2 Å². The van der Waals surface area contributed by atoms with Gasteiger partial charge in [0.15, 0.2) is 5.82 Å². The molecule has 0 amide bonds. The zero-order valence-corrected chi connectivity index (χ0v) is 11.5. The van der Waals surface area contributed by atoms with Gasteiger partial charge in [-0.25, -0.2) is 4.39 Å². The maximum atomic E-state index is 13.1. The van der Waals surface area contributed by atoms with Crippen LogP contribution in [0.2, 0.25) is 0 Å². The monoisotopic (exact) mass is 280 g/mol. The number of halogens is 1. The van der Waals surface area contributed by atoms with Gasteiger partial charge in [-0.1, -0.05) is 12.1 Å². The van der Waals surface area contributed by atoms with Gasteiger partial charge in [0, 0.05) is 12.8 Å². The molecular weight excluding hydrogens is 263 g/mol. The van der Waals surface area contributed by atoms with E-state index in [1.165, 1.54) is 12.3 Å². The Labute approximate surface area is 116 Å². The van der Waals surface area contributed by atoms with E-state index in [2.05, 4.69) is 15.1 Å². The van der Waals surface area contributed by atoms with Crippen LogP contribution in [0.3, 0.4) is 0 Å². The number of nitrogens with zero attached hydrogens (tertiary/aromatic N) is 3. The molecule has 0 radical (unpaired) electrons. The quantitative estimate of drug-likeness (QED) is 0.813. The van der Waals surface area contributed by atoms with Crippen molar-refractivity contribution in [3.05, 3.63) is 30.1 Å². The summed E-state index contributed by atoms with van der Waals surface area (Å²) in [5.74, 6) is 0.0241.